The summed E-state index contributed by atoms with van der Waals surface area (Å²) in [5, 5.41) is 2.32. The monoisotopic (exact) mass is 418 g/mol. The van der Waals surface area contributed by atoms with Crippen molar-refractivity contribution < 1.29 is 23.9 Å². The zero-order chi connectivity index (χ0) is 21.4. The number of nitrogens with zero attached hydrogens (tertiary/aromatic N) is 2. The second kappa shape index (κ2) is 8.02. The Morgan fingerprint density at radius 1 is 0.935 bits per heavy atom. The van der Waals surface area contributed by atoms with E-state index in [1.54, 1.807) is 19.2 Å². The maximum absolute atomic E-state index is 13.3. The summed E-state index contributed by atoms with van der Waals surface area (Å²) >= 11 is 0. The highest BCUT2D eigenvalue weighted by molar-refractivity contribution is 6.26. The van der Waals surface area contributed by atoms with Gasteiger partial charge in [-0.3, -0.25) is 14.4 Å². The Balaban J connectivity index is 1.59. The van der Waals surface area contributed by atoms with Gasteiger partial charge >= 0.3 is 0 Å². The number of morpholine rings is 1. The minimum Gasteiger partial charge on any atom is -0.495 e. The maximum Gasteiger partial charge on any atom is 0.285 e. The molecule has 2 aliphatic rings. The Kier molecular flexibility index (Phi) is 5.05. The lowest BCUT2D eigenvalue weighted by molar-refractivity contribution is -0.104. The standard InChI is InChI=1S/C24H22N2O5/c1-29-20-14-19-21-17(22(20)25-10-12-30-13-11-25)8-5-9-18(21)23(27)26(24(19)28)31-15-16-6-3-2-4-7-16/h2-9,14H,10-13,15H2,1H3. The molecule has 31 heavy (non-hydrogen) atoms. The minimum absolute atomic E-state index is 0.118. The van der Waals surface area contributed by atoms with E-state index in [1.807, 2.05) is 42.5 Å². The van der Waals surface area contributed by atoms with Crippen LogP contribution in [-0.2, 0) is 16.2 Å². The lowest BCUT2D eigenvalue weighted by Gasteiger charge is -2.33. The van der Waals surface area contributed by atoms with Crippen LogP contribution in [0.25, 0.3) is 10.8 Å². The van der Waals surface area contributed by atoms with Crippen molar-refractivity contribution in [1.29, 1.82) is 0 Å². The summed E-state index contributed by atoms with van der Waals surface area (Å²) in [6.07, 6.45) is 0. The fourth-order valence-corrected chi connectivity index (χ4v) is 4.20. The third-order valence-electron chi connectivity index (χ3n) is 5.68. The van der Waals surface area contributed by atoms with Crippen LogP contribution in [0, 0.1) is 0 Å². The second-order valence-corrected chi connectivity index (χ2v) is 7.47. The zero-order valence-corrected chi connectivity index (χ0v) is 17.2. The van der Waals surface area contributed by atoms with Crippen molar-refractivity contribution >= 4 is 28.3 Å². The van der Waals surface area contributed by atoms with Crippen molar-refractivity contribution in [2.75, 3.05) is 38.3 Å². The normalized spacial score (nSPS) is 16.2. The molecule has 0 aromatic heterocycles. The van der Waals surface area contributed by atoms with Crippen LogP contribution in [0.15, 0.2) is 54.6 Å². The van der Waals surface area contributed by atoms with Gasteiger partial charge in [0.1, 0.15) is 12.4 Å². The van der Waals surface area contributed by atoms with E-state index in [9.17, 15) is 9.59 Å². The van der Waals surface area contributed by atoms with Crippen molar-refractivity contribution in [2.45, 2.75) is 6.61 Å². The number of anilines is 1. The summed E-state index contributed by atoms with van der Waals surface area (Å²) in [5.74, 6) is -0.360. The molecule has 3 aromatic rings. The highest BCUT2D eigenvalue weighted by Gasteiger charge is 2.36. The van der Waals surface area contributed by atoms with Crippen LogP contribution in [0.4, 0.5) is 5.69 Å². The number of benzene rings is 3. The number of carbonyl (C=O) groups excluding carboxylic acids is 2. The first-order valence-corrected chi connectivity index (χ1v) is 10.2. The number of rotatable bonds is 5. The molecule has 5 rings (SSSR count). The molecule has 7 nitrogen and oxygen atoms in total. The Bertz CT molecular complexity index is 1160. The quantitative estimate of drug-likeness (QED) is 0.592. The van der Waals surface area contributed by atoms with E-state index >= 15 is 0 Å². The average Bonchev–Trinajstić information content (AvgIpc) is 2.83. The van der Waals surface area contributed by atoms with Crippen molar-refractivity contribution in [3.8, 4) is 5.75 Å². The first-order valence-electron chi connectivity index (χ1n) is 10.2. The van der Waals surface area contributed by atoms with E-state index in [1.165, 1.54) is 0 Å². The molecule has 3 aromatic carbocycles. The summed E-state index contributed by atoms with van der Waals surface area (Å²) in [5.41, 5.74) is 2.59. The number of hydrogen-bond acceptors (Lipinski definition) is 6. The first-order chi connectivity index (χ1) is 15.2. The molecule has 0 unspecified atom stereocenters. The SMILES string of the molecule is COc1cc2c3c(cccc3c1N1CCOCC1)C(=O)N(OCc1ccccc1)C2=O. The zero-order valence-electron chi connectivity index (χ0n) is 17.2. The summed E-state index contributed by atoms with van der Waals surface area (Å²) in [4.78, 5) is 34.3. The van der Waals surface area contributed by atoms with Crippen molar-refractivity contribution in [3.63, 3.8) is 0 Å². The van der Waals surface area contributed by atoms with Gasteiger partial charge in [0.25, 0.3) is 11.8 Å². The summed E-state index contributed by atoms with van der Waals surface area (Å²) in [7, 11) is 1.59. The van der Waals surface area contributed by atoms with Gasteiger partial charge in [0.15, 0.2) is 0 Å². The van der Waals surface area contributed by atoms with Gasteiger partial charge in [0.05, 0.1) is 37.1 Å². The predicted octanol–water partition coefficient (Wildman–Crippen LogP) is 3.41. The molecule has 1 fully saturated rings. The van der Waals surface area contributed by atoms with Gasteiger partial charge in [-0.05, 0) is 17.7 Å². The van der Waals surface area contributed by atoms with Crippen LogP contribution in [0.1, 0.15) is 26.3 Å². The number of imide groups is 1. The van der Waals surface area contributed by atoms with E-state index in [0.29, 0.717) is 48.6 Å². The molecule has 1 saturated heterocycles. The average molecular weight is 418 g/mol. The Hall–Kier alpha value is -3.42. The highest BCUT2D eigenvalue weighted by Crippen LogP contribution is 2.42. The van der Waals surface area contributed by atoms with E-state index in [4.69, 9.17) is 14.3 Å². The highest BCUT2D eigenvalue weighted by atomic mass is 16.7. The summed E-state index contributed by atoms with van der Waals surface area (Å²) in [6.45, 7) is 2.77. The molecule has 0 aliphatic carbocycles. The van der Waals surface area contributed by atoms with Crippen LogP contribution < -0.4 is 9.64 Å². The van der Waals surface area contributed by atoms with Crippen molar-refractivity contribution in [3.05, 3.63) is 71.3 Å². The molecule has 0 atom stereocenters. The van der Waals surface area contributed by atoms with Gasteiger partial charge in [0.2, 0.25) is 0 Å². The fraction of sp³-hybridized carbons (Fsp3) is 0.250. The molecule has 0 radical (unpaired) electrons. The third-order valence-corrected chi connectivity index (χ3v) is 5.68. The smallest absolute Gasteiger partial charge is 0.285 e. The number of hydrogen-bond donors (Lipinski definition) is 0. The van der Waals surface area contributed by atoms with Crippen molar-refractivity contribution in [2.24, 2.45) is 0 Å². The van der Waals surface area contributed by atoms with Gasteiger partial charge in [0, 0.05) is 23.9 Å². The number of amides is 2. The second-order valence-electron chi connectivity index (χ2n) is 7.47. The number of methoxy groups -OCH3 is 1. The Morgan fingerprint density at radius 3 is 2.42 bits per heavy atom. The molecule has 158 valence electrons. The molecule has 2 heterocycles. The fourth-order valence-electron chi connectivity index (χ4n) is 4.20. The Morgan fingerprint density at radius 2 is 1.68 bits per heavy atom. The largest absolute Gasteiger partial charge is 0.495 e. The van der Waals surface area contributed by atoms with Gasteiger partial charge in [-0.2, -0.15) is 0 Å². The van der Waals surface area contributed by atoms with Crippen LogP contribution in [-0.4, -0.2) is 50.3 Å². The van der Waals surface area contributed by atoms with Gasteiger partial charge in [-0.1, -0.05) is 42.5 Å². The van der Waals surface area contributed by atoms with Gasteiger partial charge in [-0.15, -0.1) is 5.06 Å². The molecule has 7 heteroatoms. The van der Waals surface area contributed by atoms with Crippen LogP contribution >= 0.6 is 0 Å². The molecule has 2 aliphatic heterocycles. The van der Waals surface area contributed by atoms with Gasteiger partial charge < -0.3 is 14.4 Å². The molecule has 0 N–H and O–H groups in total. The molecular weight excluding hydrogens is 396 g/mol. The third kappa shape index (κ3) is 3.32. The van der Waals surface area contributed by atoms with Crippen LogP contribution in [0.3, 0.4) is 0 Å². The first kappa shape index (κ1) is 19.5. The van der Waals surface area contributed by atoms with E-state index in [0.717, 1.165) is 21.7 Å². The van der Waals surface area contributed by atoms with Crippen LogP contribution in [0.2, 0.25) is 0 Å². The van der Waals surface area contributed by atoms with Gasteiger partial charge in [-0.25, -0.2) is 0 Å². The molecule has 2 amide bonds. The number of carbonyl (C=O) groups is 2. The van der Waals surface area contributed by atoms with Crippen molar-refractivity contribution in [1.82, 2.24) is 5.06 Å². The number of hydroxylamine groups is 2. The predicted molar refractivity (Wildman–Crippen MR) is 115 cm³/mol. The topological polar surface area (TPSA) is 68.3 Å². The summed E-state index contributed by atoms with van der Waals surface area (Å²) < 4.78 is 11.2. The molecular formula is C24H22N2O5. The lowest BCUT2D eigenvalue weighted by atomic mass is 9.93. The summed E-state index contributed by atoms with van der Waals surface area (Å²) in [6, 6.07) is 16.6. The lowest BCUT2D eigenvalue weighted by Crippen LogP contribution is -2.40. The van der Waals surface area contributed by atoms with E-state index in [2.05, 4.69) is 4.90 Å². The molecule has 0 saturated carbocycles. The minimum atomic E-state index is -0.489. The Labute approximate surface area is 179 Å². The van der Waals surface area contributed by atoms with Crippen LogP contribution in [0.5, 0.6) is 5.75 Å². The van der Waals surface area contributed by atoms with E-state index < -0.39 is 11.8 Å². The maximum atomic E-state index is 13.3. The molecule has 0 spiro atoms. The number of ether oxygens (including phenoxy) is 2. The van der Waals surface area contributed by atoms with E-state index in [-0.39, 0.29) is 6.61 Å². The molecule has 0 bridgehead atoms.